The lowest BCUT2D eigenvalue weighted by Crippen LogP contribution is -2.31. The molecule has 0 bridgehead atoms. The molecule has 0 radical (unpaired) electrons. The summed E-state index contributed by atoms with van der Waals surface area (Å²) in [7, 11) is 1.70. The van der Waals surface area contributed by atoms with Crippen LogP contribution in [0.5, 0.6) is 11.5 Å². The highest BCUT2D eigenvalue weighted by Gasteiger charge is 2.27. The van der Waals surface area contributed by atoms with Crippen LogP contribution in [0.25, 0.3) is 16.8 Å². The molecule has 0 saturated carbocycles. The molecule has 1 heterocycles. The zero-order valence-corrected chi connectivity index (χ0v) is 14.3. The highest BCUT2D eigenvalue weighted by molar-refractivity contribution is 5.94. The van der Waals surface area contributed by atoms with Gasteiger partial charge >= 0.3 is 0 Å². The first-order chi connectivity index (χ1) is 11.0. The lowest BCUT2D eigenvalue weighted by molar-refractivity contribution is 0.129. The summed E-state index contributed by atoms with van der Waals surface area (Å²) in [6, 6.07) is 10.3. The van der Waals surface area contributed by atoms with Crippen LogP contribution in [-0.2, 0) is 0 Å². The van der Waals surface area contributed by atoms with E-state index in [4.69, 9.17) is 9.47 Å². The molecule has 0 fully saturated rings. The number of methoxy groups -OCH3 is 1. The third-order valence-corrected chi connectivity index (χ3v) is 4.37. The van der Waals surface area contributed by atoms with E-state index in [2.05, 4.69) is 63.3 Å². The van der Waals surface area contributed by atoms with Crippen molar-refractivity contribution in [1.82, 2.24) is 0 Å². The Bertz CT molecular complexity index is 782. The molecular formula is C21H24O2. The van der Waals surface area contributed by atoms with Gasteiger partial charge in [0.05, 0.1) is 7.11 Å². The molecule has 2 aromatic rings. The molecule has 0 spiro atoms. The number of hydrogen-bond donors (Lipinski definition) is 0. The Hall–Kier alpha value is -2.22. The molecule has 0 N–H and O–H groups in total. The minimum absolute atomic E-state index is 0.245. The molecular weight excluding hydrogens is 284 g/mol. The lowest BCUT2D eigenvalue weighted by Gasteiger charge is -2.32. The first-order valence-corrected chi connectivity index (χ1v) is 8.13. The first-order valence-electron chi connectivity index (χ1n) is 8.13. The Labute approximate surface area is 138 Å². The maximum atomic E-state index is 6.33. The van der Waals surface area contributed by atoms with E-state index in [1.165, 1.54) is 16.3 Å². The van der Waals surface area contributed by atoms with E-state index in [9.17, 15) is 0 Å². The zero-order chi connectivity index (χ0) is 16.4. The van der Waals surface area contributed by atoms with Crippen molar-refractivity contribution in [3.8, 4) is 11.5 Å². The minimum atomic E-state index is -0.245. The van der Waals surface area contributed by atoms with Gasteiger partial charge in [-0.05, 0) is 68.7 Å². The summed E-state index contributed by atoms with van der Waals surface area (Å²) in [6.07, 6.45) is 8.66. The fourth-order valence-electron chi connectivity index (χ4n) is 3.02. The maximum absolute atomic E-state index is 6.33. The number of hydrogen-bond acceptors (Lipinski definition) is 2. The van der Waals surface area contributed by atoms with Crippen LogP contribution >= 0.6 is 0 Å². The van der Waals surface area contributed by atoms with Gasteiger partial charge in [0, 0.05) is 5.56 Å². The van der Waals surface area contributed by atoms with Crippen molar-refractivity contribution in [3.05, 3.63) is 53.6 Å². The summed E-state index contributed by atoms with van der Waals surface area (Å²) in [5.41, 5.74) is 2.25. The normalized spacial score (nSPS) is 19.1. The summed E-state index contributed by atoms with van der Waals surface area (Å²) in [5.74, 6) is 1.82. The smallest absolute Gasteiger partial charge is 0.128 e. The molecule has 120 valence electrons. The van der Waals surface area contributed by atoms with Crippen LogP contribution in [0.2, 0.25) is 0 Å². The molecule has 2 heteroatoms. The van der Waals surface area contributed by atoms with Crippen molar-refractivity contribution < 1.29 is 9.47 Å². The van der Waals surface area contributed by atoms with Crippen molar-refractivity contribution in [3.63, 3.8) is 0 Å². The molecule has 3 rings (SSSR count). The quantitative estimate of drug-likeness (QED) is 0.669. The van der Waals surface area contributed by atoms with Gasteiger partial charge in [-0.3, -0.25) is 0 Å². The number of rotatable bonds is 4. The molecule has 0 amide bonds. The third kappa shape index (κ3) is 3.26. The molecule has 0 saturated heterocycles. The van der Waals surface area contributed by atoms with Gasteiger partial charge in [0.2, 0.25) is 0 Å². The average molecular weight is 308 g/mol. The number of benzene rings is 2. The van der Waals surface area contributed by atoms with Gasteiger partial charge in [0.25, 0.3) is 0 Å². The van der Waals surface area contributed by atoms with Crippen LogP contribution in [0.3, 0.4) is 0 Å². The van der Waals surface area contributed by atoms with Crippen LogP contribution < -0.4 is 9.47 Å². The Kier molecular flexibility index (Phi) is 4.16. The number of fused-ring (bicyclic) bond motifs is 3. The molecule has 2 aromatic carbocycles. The van der Waals surface area contributed by atoms with Crippen LogP contribution in [-0.4, -0.2) is 12.7 Å². The molecule has 0 aromatic heterocycles. The van der Waals surface area contributed by atoms with Crippen molar-refractivity contribution in [2.45, 2.75) is 39.2 Å². The third-order valence-electron chi connectivity index (χ3n) is 4.37. The molecule has 1 aliphatic heterocycles. The molecule has 1 aliphatic rings. The van der Waals surface area contributed by atoms with Crippen LogP contribution in [0.1, 0.15) is 39.2 Å². The molecule has 2 nitrogen and oxygen atoms in total. The van der Waals surface area contributed by atoms with E-state index in [-0.39, 0.29) is 5.60 Å². The topological polar surface area (TPSA) is 18.5 Å². The largest absolute Gasteiger partial charge is 0.497 e. The Morgan fingerprint density at radius 2 is 2.00 bits per heavy atom. The second-order valence-electron chi connectivity index (χ2n) is 6.63. The van der Waals surface area contributed by atoms with Crippen molar-refractivity contribution in [2.75, 3.05) is 7.11 Å². The van der Waals surface area contributed by atoms with E-state index in [0.29, 0.717) is 0 Å². The standard InChI is InChI=1S/C21H24O2/c1-15(2)6-5-12-21(3)13-11-18-19-14-17(22-4)9-7-16(19)8-10-20(18)23-21/h6-11,13-14H,5,12H2,1-4H3/t21-/m1/s1. The van der Waals surface area contributed by atoms with E-state index < -0.39 is 0 Å². The maximum Gasteiger partial charge on any atom is 0.128 e. The Morgan fingerprint density at radius 1 is 1.22 bits per heavy atom. The lowest BCUT2D eigenvalue weighted by atomic mass is 9.92. The van der Waals surface area contributed by atoms with Gasteiger partial charge in [0.15, 0.2) is 0 Å². The SMILES string of the molecule is COc1ccc2ccc3c(c2c1)C=C[C@@](C)(CCC=C(C)C)O3. The molecule has 0 aliphatic carbocycles. The van der Waals surface area contributed by atoms with Crippen LogP contribution in [0.15, 0.2) is 48.1 Å². The number of allylic oxidation sites excluding steroid dienone is 2. The highest BCUT2D eigenvalue weighted by atomic mass is 16.5. The fraction of sp³-hybridized carbons (Fsp3) is 0.333. The van der Waals surface area contributed by atoms with Gasteiger partial charge in [0.1, 0.15) is 17.1 Å². The van der Waals surface area contributed by atoms with E-state index >= 15 is 0 Å². The van der Waals surface area contributed by atoms with Crippen LogP contribution in [0.4, 0.5) is 0 Å². The minimum Gasteiger partial charge on any atom is -0.497 e. The first kappa shape index (κ1) is 15.7. The molecule has 1 atom stereocenters. The van der Waals surface area contributed by atoms with E-state index in [0.717, 1.165) is 29.9 Å². The Morgan fingerprint density at radius 3 is 2.74 bits per heavy atom. The Balaban J connectivity index is 1.94. The summed E-state index contributed by atoms with van der Waals surface area (Å²) in [6.45, 7) is 6.42. The highest BCUT2D eigenvalue weighted by Crippen LogP contribution is 2.38. The van der Waals surface area contributed by atoms with Gasteiger partial charge in [-0.2, -0.15) is 0 Å². The van der Waals surface area contributed by atoms with Crippen molar-refractivity contribution >= 4 is 16.8 Å². The fourth-order valence-corrected chi connectivity index (χ4v) is 3.02. The van der Waals surface area contributed by atoms with Gasteiger partial charge in [-0.25, -0.2) is 0 Å². The summed E-state index contributed by atoms with van der Waals surface area (Å²) in [5, 5.41) is 2.37. The van der Waals surface area contributed by atoms with Crippen LogP contribution in [0, 0.1) is 0 Å². The van der Waals surface area contributed by atoms with Gasteiger partial charge in [-0.15, -0.1) is 0 Å². The zero-order valence-electron chi connectivity index (χ0n) is 14.3. The summed E-state index contributed by atoms with van der Waals surface area (Å²) in [4.78, 5) is 0. The summed E-state index contributed by atoms with van der Waals surface area (Å²) >= 11 is 0. The monoisotopic (exact) mass is 308 g/mol. The molecule has 23 heavy (non-hydrogen) atoms. The van der Waals surface area contributed by atoms with E-state index in [1.54, 1.807) is 7.11 Å². The van der Waals surface area contributed by atoms with Gasteiger partial charge in [-0.1, -0.05) is 29.9 Å². The second kappa shape index (κ2) is 6.11. The average Bonchev–Trinajstić information content (AvgIpc) is 2.53. The predicted octanol–water partition coefficient (Wildman–Crippen LogP) is 5.76. The summed E-state index contributed by atoms with van der Waals surface area (Å²) < 4.78 is 11.7. The molecule has 0 unspecified atom stereocenters. The van der Waals surface area contributed by atoms with E-state index in [1.807, 2.05) is 6.07 Å². The number of ether oxygens (including phenoxy) is 2. The van der Waals surface area contributed by atoms with Crippen molar-refractivity contribution in [2.24, 2.45) is 0 Å². The predicted molar refractivity (Wildman–Crippen MR) is 97.2 cm³/mol. The van der Waals surface area contributed by atoms with Gasteiger partial charge < -0.3 is 9.47 Å². The second-order valence-corrected chi connectivity index (χ2v) is 6.63. The van der Waals surface area contributed by atoms with Crippen molar-refractivity contribution in [1.29, 1.82) is 0 Å².